The van der Waals surface area contributed by atoms with Gasteiger partial charge in [-0.1, -0.05) is 42.5 Å². The quantitative estimate of drug-likeness (QED) is 0.803. The molecule has 0 spiro atoms. The van der Waals surface area contributed by atoms with E-state index >= 15 is 0 Å². The van der Waals surface area contributed by atoms with Gasteiger partial charge in [0.25, 0.3) is 0 Å². The minimum atomic E-state index is -0.0425. The molecule has 0 heterocycles. The van der Waals surface area contributed by atoms with Crippen LogP contribution in [0.25, 0.3) is 0 Å². The summed E-state index contributed by atoms with van der Waals surface area (Å²) in [6.07, 6.45) is 0.347. The van der Waals surface area contributed by atoms with E-state index in [1.807, 2.05) is 54.6 Å². The molecule has 2 aromatic carbocycles. The maximum Gasteiger partial charge on any atom is 0.224 e. The van der Waals surface area contributed by atoms with E-state index in [4.69, 9.17) is 4.74 Å². The van der Waals surface area contributed by atoms with Crippen molar-refractivity contribution in [2.75, 3.05) is 20.2 Å². The number of carbonyl (C=O) groups is 2. The van der Waals surface area contributed by atoms with Crippen LogP contribution in [0.2, 0.25) is 0 Å². The average molecular weight is 340 g/mol. The van der Waals surface area contributed by atoms with Crippen molar-refractivity contribution in [1.82, 2.24) is 10.2 Å². The van der Waals surface area contributed by atoms with E-state index in [0.717, 1.165) is 16.9 Å². The van der Waals surface area contributed by atoms with Gasteiger partial charge >= 0.3 is 0 Å². The summed E-state index contributed by atoms with van der Waals surface area (Å²) < 4.78 is 5.13. The molecule has 25 heavy (non-hydrogen) atoms. The van der Waals surface area contributed by atoms with E-state index in [-0.39, 0.29) is 11.8 Å². The van der Waals surface area contributed by atoms with Crippen molar-refractivity contribution in [2.24, 2.45) is 0 Å². The largest absolute Gasteiger partial charge is 0.497 e. The molecule has 0 saturated carbocycles. The lowest BCUT2D eigenvalue weighted by atomic mass is 10.1. The lowest BCUT2D eigenvalue weighted by molar-refractivity contribution is -0.130. The SMILES string of the molecule is COc1ccc(CN(CCNC(=O)Cc2ccccc2)C(C)=O)cc1. The number of carbonyl (C=O) groups excluding carboxylic acids is 2. The summed E-state index contributed by atoms with van der Waals surface area (Å²) >= 11 is 0. The summed E-state index contributed by atoms with van der Waals surface area (Å²) in [7, 11) is 1.62. The van der Waals surface area contributed by atoms with Gasteiger partial charge in [0.1, 0.15) is 5.75 Å². The summed E-state index contributed by atoms with van der Waals surface area (Å²) in [6, 6.07) is 17.2. The summed E-state index contributed by atoms with van der Waals surface area (Å²) in [4.78, 5) is 25.5. The number of benzene rings is 2. The van der Waals surface area contributed by atoms with Crippen molar-refractivity contribution in [1.29, 1.82) is 0 Å². The van der Waals surface area contributed by atoms with Crippen LogP contribution in [0.15, 0.2) is 54.6 Å². The zero-order valence-corrected chi connectivity index (χ0v) is 14.7. The molecule has 2 rings (SSSR count). The summed E-state index contributed by atoms with van der Waals surface area (Å²) in [6.45, 7) is 2.95. The van der Waals surface area contributed by atoms with Gasteiger partial charge in [-0.15, -0.1) is 0 Å². The maximum atomic E-state index is 12.0. The number of rotatable bonds is 8. The second kappa shape index (κ2) is 9.47. The van der Waals surface area contributed by atoms with Gasteiger partial charge in [0.2, 0.25) is 11.8 Å². The summed E-state index contributed by atoms with van der Waals surface area (Å²) in [5.41, 5.74) is 1.99. The third-order valence-corrected chi connectivity index (χ3v) is 3.89. The van der Waals surface area contributed by atoms with Gasteiger partial charge in [0, 0.05) is 26.6 Å². The minimum absolute atomic E-state index is 0.0203. The van der Waals surface area contributed by atoms with Crippen LogP contribution >= 0.6 is 0 Å². The van der Waals surface area contributed by atoms with Crippen LogP contribution in [0.4, 0.5) is 0 Å². The van der Waals surface area contributed by atoms with E-state index in [0.29, 0.717) is 26.1 Å². The molecule has 5 heteroatoms. The number of ether oxygens (including phenoxy) is 1. The highest BCUT2D eigenvalue weighted by Crippen LogP contribution is 2.13. The normalized spacial score (nSPS) is 10.2. The van der Waals surface area contributed by atoms with Gasteiger partial charge in [-0.2, -0.15) is 0 Å². The second-order valence-electron chi connectivity index (χ2n) is 5.80. The van der Waals surface area contributed by atoms with Crippen LogP contribution in [0, 0.1) is 0 Å². The Morgan fingerprint density at radius 1 is 1.00 bits per heavy atom. The standard InChI is InChI=1S/C20H24N2O3/c1-16(23)22(15-18-8-10-19(25-2)11-9-18)13-12-21-20(24)14-17-6-4-3-5-7-17/h3-11H,12-15H2,1-2H3,(H,21,24). The Bertz CT molecular complexity index is 684. The van der Waals surface area contributed by atoms with E-state index in [9.17, 15) is 9.59 Å². The first-order valence-corrected chi connectivity index (χ1v) is 8.27. The molecule has 0 bridgehead atoms. The molecule has 0 fully saturated rings. The van der Waals surface area contributed by atoms with Gasteiger partial charge in [0.15, 0.2) is 0 Å². The van der Waals surface area contributed by atoms with Crippen LogP contribution in [0.5, 0.6) is 5.75 Å². The van der Waals surface area contributed by atoms with Crippen LogP contribution in [0.1, 0.15) is 18.1 Å². The van der Waals surface area contributed by atoms with Crippen LogP contribution < -0.4 is 10.1 Å². The number of hydrogen-bond acceptors (Lipinski definition) is 3. The van der Waals surface area contributed by atoms with E-state index in [2.05, 4.69) is 5.32 Å². The Labute approximate surface area is 148 Å². The molecular formula is C20H24N2O3. The molecule has 0 aromatic heterocycles. The van der Waals surface area contributed by atoms with Crippen LogP contribution in [0.3, 0.4) is 0 Å². The Morgan fingerprint density at radius 3 is 2.28 bits per heavy atom. The van der Waals surface area contributed by atoms with Gasteiger partial charge in [-0.05, 0) is 23.3 Å². The molecule has 0 atom stereocenters. The highest BCUT2D eigenvalue weighted by atomic mass is 16.5. The Hall–Kier alpha value is -2.82. The highest BCUT2D eigenvalue weighted by Gasteiger charge is 2.10. The molecule has 0 saturated heterocycles. The number of hydrogen-bond donors (Lipinski definition) is 1. The number of methoxy groups -OCH3 is 1. The summed E-state index contributed by atoms with van der Waals surface area (Å²) in [5, 5.41) is 2.87. The van der Waals surface area contributed by atoms with Gasteiger partial charge in [-0.25, -0.2) is 0 Å². The molecule has 5 nitrogen and oxygen atoms in total. The first-order valence-electron chi connectivity index (χ1n) is 8.27. The fourth-order valence-corrected chi connectivity index (χ4v) is 2.47. The first-order chi connectivity index (χ1) is 12.1. The zero-order valence-electron chi connectivity index (χ0n) is 14.7. The fraction of sp³-hybridized carbons (Fsp3) is 0.300. The topological polar surface area (TPSA) is 58.6 Å². The third kappa shape index (κ3) is 6.30. The Morgan fingerprint density at radius 2 is 1.68 bits per heavy atom. The Kier molecular flexibility index (Phi) is 7.01. The third-order valence-electron chi connectivity index (χ3n) is 3.89. The van der Waals surface area contributed by atoms with Gasteiger partial charge in [-0.3, -0.25) is 9.59 Å². The molecule has 2 aromatic rings. The van der Waals surface area contributed by atoms with Crippen molar-refractivity contribution in [3.05, 3.63) is 65.7 Å². The predicted molar refractivity (Wildman–Crippen MR) is 97.2 cm³/mol. The highest BCUT2D eigenvalue weighted by molar-refractivity contribution is 5.78. The molecule has 0 aliphatic rings. The smallest absolute Gasteiger partial charge is 0.224 e. The molecule has 132 valence electrons. The molecule has 1 N–H and O–H groups in total. The van der Waals surface area contributed by atoms with Crippen LogP contribution in [-0.4, -0.2) is 36.9 Å². The molecule has 0 aliphatic heterocycles. The minimum Gasteiger partial charge on any atom is -0.497 e. The number of nitrogens with zero attached hydrogens (tertiary/aromatic N) is 1. The van der Waals surface area contributed by atoms with Gasteiger partial charge < -0.3 is 15.0 Å². The lowest BCUT2D eigenvalue weighted by Gasteiger charge is -2.21. The van der Waals surface area contributed by atoms with E-state index in [1.54, 1.807) is 12.0 Å². The molecular weight excluding hydrogens is 316 g/mol. The van der Waals surface area contributed by atoms with Crippen molar-refractivity contribution < 1.29 is 14.3 Å². The van der Waals surface area contributed by atoms with Crippen LogP contribution in [-0.2, 0) is 22.6 Å². The van der Waals surface area contributed by atoms with Crippen molar-refractivity contribution >= 4 is 11.8 Å². The fourth-order valence-electron chi connectivity index (χ4n) is 2.47. The van der Waals surface area contributed by atoms with Gasteiger partial charge in [0.05, 0.1) is 13.5 Å². The van der Waals surface area contributed by atoms with E-state index in [1.165, 1.54) is 6.92 Å². The molecule has 0 unspecified atom stereocenters. The van der Waals surface area contributed by atoms with Crippen molar-refractivity contribution in [3.8, 4) is 5.75 Å². The molecule has 2 amide bonds. The van der Waals surface area contributed by atoms with E-state index < -0.39 is 0 Å². The van der Waals surface area contributed by atoms with Crippen molar-refractivity contribution in [2.45, 2.75) is 19.9 Å². The maximum absolute atomic E-state index is 12.0. The van der Waals surface area contributed by atoms with Crippen molar-refractivity contribution in [3.63, 3.8) is 0 Å². The summed E-state index contributed by atoms with van der Waals surface area (Å²) in [5.74, 6) is 0.721. The molecule has 0 radical (unpaired) electrons. The Balaban J connectivity index is 1.80. The monoisotopic (exact) mass is 340 g/mol. The lowest BCUT2D eigenvalue weighted by Crippen LogP contribution is -2.37. The second-order valence-corrected chi connectivity index (χ2v) is 5.80. The average Bonchev–Trinajstić information content (AvgIpc) is 2.62. The number of amides is 2. The predicted octanol–water partition coefficient (Wildman–Crippen LogP) is 2.40. The molecule has 0 aliphatic carbocycles. The first kappa shape index (κ1) is 18.5. The number of nitrogens with one attached hydrogen (secondary N) is 1. The zero-order chi connectivity index (χ0) is 18.1.